The first kappa shape index (κ1) is 17.7. The van der Waals surface area contributed by atoms with Gasteiger partial charge in [0.1, 0.15) is 0 Å². The van der Waals surface area contributed by atoms with E-state index < -0.39 is 0 Å². The smallest absolute Gasteiger partial charge is 0.220 e. The first-order chi connectivity index (χ1) is 12.1. The van der Waals surface area contributed by atoms with E-state index in [2.05, 4.69) is 46.5 Å². The topological polar surface area (TPSA) is 50.2 Å². The molecule has 3 rings (SSSR count). The summed E-state index contributed by atoms with van der Waals surface area (Å²) in [7, 11) is 1.91. The molecule has 1 aromatic carbocycles. The number of likely N-dealkylation sites (tertiary alicyclic amines) is 1. The molecule has 1 saturated heterocycles. The number of amides is 1. The lowest BCUT2D eigenvalue weighted by Gasteiger charge is -2.17. The van der Waals surface area contributed by atoms with Gasteiger partial charge in [0.25, 0.3) is 0 Å². The molecule has 0 unspecified atom stereocenters. The molecule has 0 aliphatic carbocycles. The quantitative estimate of drug-likeness (QED) is 0.841. The van der Waals surface area contributed by atoms with Crippen LogP contribution in [0.2, 0.25) is 0 Å². The van der Waals surface area contributed by atoms with Crippen molar-refractivity contribution < 1.29 is 4.79 Å². The minimum Gasteiger partial charge on any atom is -0.355 e. The normalized spacial score (nSPS) is 17.8. The van der Waals surface area contributed by atoms with E-state index in [1.54, 1.807) is 6.20 Å². The minimum absolute atomic E-state index is 0.121. The van der Waals surface area contributed by atoms with Crippen molar-refractivity contribution in [1.29, 1.82) is 0 Å². The number of nitrogens with one attached hydrogen (secondary N) is 1. The summed E-state index contributed by atoms with van der Waals surface area (Å²) >= 11 is 0. The molecule has 5 nitrogen and oxygen atoms in total. The highest BCUT2D eigenvalue weighted by molar-refractivity contribution is 5.76. The fourth-order valence-corrected chi connectivity index (χ4v) is 3.66. The van der Waals surface area contributed by atoms with Crippen LogP contribution in [0.5, 0.6) is 0 Å². The van der Waals surface area contributed by atoms with Gasteiger partial charge in [-0.1, -0.05) is 24.3 Å². The fraction of sp³-hybridized carbons (Fsp3) is 0.500. The Kier molecular flexibility index (Phi) is 5.87. The van der Waals surface area contributed by atoms with Gasteiger partial charge in [0.05, 0.1) is 0 Å². The molecule has 1 aliphatic heterocycles. The van der Waals surface area contributed by atoms with Crippen LogP contribution in [0.1, 0.15) is 35.6 Å². The lowest BCUT2D eigenvalue weighted by molar-refractivity contribution is -0.121. The van der Waals surface area contributed by atoms with Crippen LogP contribution in [0, 0.1) is 6.92 Å². The van der Waals surface area contributed by atoms with Crippen LogP contribution in [0.4, 0.5) is 0 Å². The molecule has 1 N–H and O–H groups in total. The van der Waals surface area contributed by atoms with Crippen molar-refractivity contribution in [3.05, 3.63) is 53.3 Å². The van der Waals surface area contributed by atoms with Gasteiger partial charge >= 0.3 is 0 Å². The number of hydrogen-bond donors (Lipinski definition) is 1. The average Bonchev–Trinajstić information content (AvgIpc) is 3.22. The molecule has 25 heavy (non-hydrogen) atoms. The lowest BCUT2D eigenvalue weighted by Crippen LogP contribution is -2.34. The lowest BCUT2D eigenvalue weighted by atomic mass is 9.94. The van der Waals surface area contributed by atoms with Gasteiger partial charge in [-0.3, -0.25) is 9.48 Å². The van der Waals surface area contributed by atoms with Crippen molar-refractivity contribution in [2.45, 2.75) is 32.1 Å². The second-order valence-corrected chi connectivity index (χ2v) is 6.94. The van der Waals surface area contributed by atoms with E-state index in [9.17, 15) is 4.79 Å². The zero-order valence-electron chi connectivity index (χ0n) is 15.2. The monoisotopic (exact) mass is 340 g/mol. The number of rotatable bonds is 7. The van der Waals surface area contributed by atoms with Crippen LogP contribution in [0.3, 0.4) is 0 Å². The Morgan fingerprint density at radius 1 is 1.32 bits per heavy atom. The van der Waals surface area contributed by atoms with Gasteiger partial charge < -0.3 is 10.2 Å². The SMILES string of the molecule is Cc1ccccc1[C@@H]1CCN(CCNC(=O)CCc2ccnn2C)C1. The summed E-state index contributed by atoms with van der Waals surface area (Å²) in [6.07, 6.45) is 4.23. The van der Waals surface area contributed by atoms with E-state index in [0.717, 1.165) is 38.3 Å². The first-order valence-corrected chi connectivity index (χ1v) is 9.15. The maximum absolute atomic E-state index is 12.0. The third-order valence-electron chi connectivity index (χ3n) is 5.18. The molecule has 2 heterocycles. The highest BCUT2D eigenvalue weighted by atomic mass is 16.1. The number of aromatic nitrogens is 2. The first-order valence-electron chi connectivity index (χ1n) is 9.15. The second-order valence-electron chi connectivity index (χ2n) is 6.94. The van der Waals surface area contributed by atoms with Crippen LogP contribution < -0.4 is 5.32 Å². The summed E-state index contributed by atoms with van der Waals surface area (Å²) in [6.45, 7) is 6.06. The van der Waals surface area contributed by atoms with Crippen molar-refractivity contribution >= 4 is 5.91 Å². The Balaban J connectivity index is 1.36. The standard InChI is InChI=1S/C20H28N4O/c1-16-5-3-4-6-19(16)17-10-13-24(15-17)14-12-21-20(25)8-7-18-9-11-22-23(18)2/h3-6,9,11,17H,7-8,10,12-15H2,1-2H3,(H,21,25)/t17-/m1/s1. The van der Waals surface area contributed by atoms with Crippen molar-refractivity contribution in [3.63, 3.8) is 0 Å². The van der Waals surface area contributed by atoms with Gasteiger partial charge in [-0.25, -0.2) is 0 Å². The largest absolute Gasteiger partial charge is 0.355 e. The molecule has 1 aromatic heterocycles. The Labute approximate surface area is 150 Å². The second kappa shape index (κ2) is 8.30. The Morgan fingerprint density at radius 3 is 2.92 bits per heavy atom. The van der Waals surface area contributed by atoms with Gasteiger partial charge in [0, 0.05) is 45.0 Å². The van der Waals surface area contributed by atoms with Gasteiger partial charge in [0.2, 0.25) is 5.91 Å². The van der Waals surface area contributed by atoms with Crippen molar-refractivity contribution in [2.24, 2.45) is 7.05 Å². The number of benzene rings is 1. The van der Waals surface area contributed by atoms with E-state index in [1.807, 2.05) is 17.8 Å². The van der Waals surface area contributed by atoms with E-state index in [1.165, 1.54) is 17.5 Å². The zero-order valence-corrected chi connectivity index (χ0v) is 15.2. The van der Waals surface area contributed by atoms with Crippen LogP contribution in [-0.2, 0) is 18.3 Å². The molecule has 0 saturated carbocycles. The number of carbonyl (C=O) groups is 1. The molecular formula is C20H28N4O. The summed E-state index contributed by atoms with van der Waals surface area (Å²) in [5.74, 6) is 0.748. The molecule has 1 aliphatic rings. The number of carbonyl (C=O) groups excluding carboxylic acids is 1. The number of nitrogens with zero attached hydrogens (tertiary/aromatic N) is 3. The maximum atomic E-state index is 12.0. The summed E-state index contributed by atoms with van der Waals surface area (Å²) < 4.78 is 1.82. The van der Waals surface area contributed by atoms with Crippen molar-refractivity contribution in [3.8, 4) is 0 Å². The number of hydrogen-bond acceptors (Lipinski definition) is 3. The van der Waals surface area contributed by atoms with E-state index in [0.29, 0.717) is 12.3 Å². The molecule has 0 bridgehead atoms. The summed E-state index contributed by atoms with van der Waals surface area (Å²) in [4.78, 5) is 14.5. The molecular weight excluding hydrogens is 312 g/mol. The van der Waals surface area contributed by atoms with Gasteiger partial charge in [-0.05, 0) is 49.4 Å². The Bertz CT molecular complexity index is 709. The van der Waals surface area contributed by atoms with Crippen molar-refractivity contribution in [2.75, 3.05) is 26.2 Å². The molecule has 1 atom stereocenters. The summed E-state index contributed by atoms with van der Waals surface area (Å²) in [5, 5.41) is 7.17. The molecule has 134 valence electrons. The van der Waals surface area contributed by atoms with Crippen LogP contribution in [0.25, 0.3) is 0 Å². The van der Waals surface area contributed by atoms with Gasteiger partial charge in [-0.15, -0.1) is 0 Å². The highest BCUT2D eigenvalue weighted by Gasteiger charge is 2.24. The zero-order chi connectivity index (χ0) is 17.6. The molecule has 0 radical (unpaired) electrons. The minimum atomic E-state index is 0.121. The Morgan fingerprint density at radius 2 is 2.16 bits per heavy atom. The maximum Gasteiger partial charge on any atom is 0.220 e. The summed E-state index contributed by atoms with van der Waals surface area (Å²) in [6, 6.07) is 10.6. The van der Waals surface area contributed by atoms with Crippen LogP contribution in [-0.4, -0.2) is 46.8 Å². The van der Waals surface area contributed by atoms with E-state index >= 15 is 0 Å². The molecule has 0 spiro atoms. The predicted octanol–water partition coefficient (Wildman–Crippen LogP) is 2.27. The molecule has 2 aromatic rings. The van der Waals surface area contributed by atoms with Crippen LogP contribution in [0.15, 0.2) is 36.5 Å². The molecule has 1 fully saturated rings. The third kappa shape index (κ3) is 4.69. The van der Waals surface area contributed by atoms with E-state index in [-0.39, 0.29) is 5.91 Å². The van der Waals surface area contributed by atoms with Gasteiger partial charge in [-0.2, -0.15) is 5.10 Å². The summed E-state index contributed by atoms with van der Waals surface area (Å²) in [5.41, 5.74) is 3.96. The fourth-order valence-electron chi connectivity index (χ4n) is 3.66. The van der Waals surface area contributed by atoms with Crippen molar-refractivity contribution in [1.82, 2.24) is 20.0 Å². The van der Waals surface area contributed by atoms with E-state index in [4.69, 9.17) is 0 Å². The molecule has 1 amide bonds. The van der Waals surface area contributed by atoms with Gasteiger partial charge in [0.15, 0.2) is 0 Å². The molecule has 5 heteroatoms. The number of aryl methyl sites for hydroxylation is 3. The third-order valence-corrected chi connectivity index (χ3v) is 5.18. The highest BCUT2D eigenvalue weighted by Crippen LogP contribution is 2.28. The average molecular weight is 340 g/mol. The predicted molar refractivity (Wildman–Crippen MR) is 99.5 cm³/mol. The van der Waals surface area contributed by atoms with Crippen LogP contribution >= 0.6 is 0 Å². The Hall–Kier alpha value is -2.14.